The van der Waals surface area contributed by atoms with Crippen LogP contribution in [-0.2, 0) is 4.79 Å². The Bertz CT molecular complexity index is 609. The second kappa shape index (κ2) is 8.75. The maximum atomic E-state index is 12.3. The van der Waals surface area contributed by atoms with Gasteiger partial charge in [-0.05, 0) is 24.8 Å². The quantitative estimate of drug-likeness (QED) is 0.716. The number of benzene rings is 1. The Morgan fingerprint density at radius 3 is 2.33 bits per heavy atom. The van der Waals surface area contributed by atoms with Gasteiger partial charge >= 0.3 is 0 Å². The van der Waals surface area contributed by atoms with Crippen molar-refractivity contribution in [2.45, 2.75) is 31.7 Å². The molecule has 2 rings (SSSR count). The van der Waals surface area contributed by atoms with E-state index in [2.05, 4.69) is 5.32 Å². The maximum Gasteiger partial charge on any atom is 0.250 e. The number of ether oxygens (including phenoxy) is 2. The topological polar surface area (TPSA) is 117 Å². The highest BCUT2D eigenvalue weighted by atomic mass is 35.5. The molecule has 0 unspecified atom stereocenters. The van der Waals surface area contributed by atoms with Gasteiger partial charge in [0.2, 0.25) is 5.91 Å². The van der Waals surface area contributed by atoms with Crippen LogP contribution in [0.25, 0.3) is 0 Å². The van der Waals surface area contributed by atoms with Gasteiger partial charge in [0.25, 0.3) is 5.91 Å². The lowest BCUT2D eigenvalue weighted by Gasteiger charge is -2.17. The molecule has 24 heavy (non-hydrogen) atoms. The molecule has 1 fully saturated rings. The number of hydrogen-bond acceptors (Lipinski definition) is 5. The van der Waals surface area contributed by atoms with Gasteiger partial charge in [0.15, 0.2) is 11.5 Å². The Kier molecular flexibility index (Phi) is 7.31. The normalized spacial score (nSPS) is 19.3. The first-order chi connectivity index (χ1) is 11.0. The van der Waals surface area contributed by atoms with Crippen LogP contribution >= 0.6 is 12.4 Å². The Labute approximate surface area is 147 Å². The Hall–Kier alpha value is -1.99. The number of nitrogens with one attached hydrogen (secondary N) is 1. The lowest BCUT2D eigenvalue weighted by atomic mass is 9.99. The fourth-order valence-corrected chi connectivity index (χ4v) is 2.94. The van der Waals surface area contributed by atoms with E-state index in [0.29, 0.717) is 23.6 Å². The molecule has 0 aromatic heterocycles. The molecule has 0 heterocycles. The largest absolute Gasteiger partial charge is 0.493 e. The summed E-state index contributed by atoms with van der Waals surface area (Å²) in [6, 6.07) is 3.05. The first-order valence-electron chi connectivity index (χ1n) is 7.57. The number of carbonyl (C=O) groups is 2. The van der Waals surface area contributed by atoms with Crippen LogP contribution in [0.4, 0.5) is 5.69 Å². The van der Waals surface area contributed by atoms with Gasteiger partial charge in [-0.3, -0.25) is 9.59 Å². The predicted molar refractivity (Wildman–Crippen MR) is 93.9 cm³/mol. The molecule has 7 nitrogen and oxygen atoms in total. The zero-order valence-electron chi connectivity index (χ0n) is 13.8. The maximum absolute atomic E-state index is 12.3. The van der Waals surface area contributed by atoms with Crippen molar-refractivity contribution in [2.24, 2.45) is 17.4 Å². The molecule has 1 aliphatic carbocycles. The first-order valence-corrected chi connectivity index (χ1v) is 7.57. The highest BCUT2D eigenvalue weighted by Gasteiger charge is 2.26. The number of halogens is 1. The van der Waals surface area contributed by atoms with Crippen molar-refractivity contribution in [1.29, 1.82) is 0 Å². The van der Waals surface area contributed by atoms with Crippen molar-refractivity contribution in [3.63, 3.8) is 0 Å². The van der Waals surface area contributed by atoms with E-state index in [4.69, 9.17) is 20.9 Å². The predicted octanol–water partition coefficient (Wildman–Crippen LogP) is 1.68. The Morgan fingerprint density at radius 1 is 1.21 bits per heavy atom. The van der Waals surface area contributed by atoms with Gasteiger partial charge < -0.3 is 26.3 Å². The monoisotopic (exact) mass is 357 g/mol. The lowest BCUT2D eigenvalue weighted by Crippen LogP contribution is -2.28. The van der Waals surface area contributed by atoms with Gasteiger partial charge in [-0.1, -0.05) is 6.42 Å². The SMILES string of the molecule is COc1cc(NC(=O)C[C@@H]2CCC[C@H]2N)c(C(N)=O)cc1OC.Cl. The van der Waals surface area contributed by atoms with E-state index in [-0.39, 0.29) is 35.8 Å². The average molecular weight is 358 g/mol. The minimum absolute atomic E-state index is 0. The molecule has 0 spiro atoms. The van der Waals surface area contributed by atoms with Crippen molar-refractivity contribution in [3.8, 4) is 11.5 Å². The van der Waals surface area contributed by atoms with Crippen LogP contribution in [0.3, 0.4) is 0 Å². The first kappa shape index (κ1) is 20.1. The summed E-state index contributed by atoms with van der Waals surface area (Å²) in [5.74, 6) is 0.107. The molecule has 5 N–H and O–H groups in total. The molecule has 1 aliphatic rings. The average Bonchev–Trinajstić information content (AvgIpc) is 2.91. The number of hydrogen-bond donors (Lipinski definition) is 3. The molecule has 0 saturated heterocycles. The molecule has 0 aliphatic heterocycles. The highest BCUT2D eigenvalue weighted by molar-refractivity contribution is 6.04. The van der Waals surface area contributed by atoms with E-state index in [0.717, 1.165) is 19.3 Å². The van der Waals surface area contributed by atoms with Gasteiger partial charge in [0.05, 0.1) is 25.5 Å². The second-order valence-corrected chi connectivity index (χ2v) is 5.72. The Morgan fingerprint density at radius 2 is 1.83 bits per heavy atom. The van der Waals surface area contributed by atoms with Crippen LogP contribution in [0.1, 0.15) is 36.0 Å². The second-order valence-electron chi connectivity index (χ2n) is 5.72. The molecule has 2 amide bonds. The third-order valence-corrected chi connectivity index (χ3v) is 4.23. The molecular formula is C16H24ClN3O4. The van der Waals surface area contributed by atoms with Crippen molar-refractivity contribution < 1.29 is 19.1 Å². The Balaban J connectivity index is 0.00000288. The van der Waals surface area contributed by atoms with Gasteiger partial charge in [0, 0.05) is 18.5 Å². The summed E-state index contributed by atoms with van der Waals surface area (Å²) in [5.41, 5.74) is 11.9. The summed E-state index contributed by atoms with van der Waals surface area (Å²) in [6.07, 6.45) is 3.26. The number of amides is 2. The molecule has 8 heteroatoms. The van der Waals surface area contributed by atoms with Gasteiger partial charge in [-0.15, -0.1) is 12.4 Å². The summed E-state index contributed by atoms with van der Waals surface area (Å²) < 4.78 is 10.3. The number of methoxy groups -OCH3 is 2. The molecule has 1 aromatic carbocycles. The van der Waals surface area contributed by atoms with E-state index in [1.165, 1.54) is 26.4 Å². The molecule has 1 aromatic rings. The van der Waals surface area contributed by atoms with Gasteiger partial charge in [-0.25, -0.2) is 0 Å². The molecule has 134 valence electrons. The fourth-order valence-electron chi connectivity index (χ4n) is 2.94. The standard InChI is InChI=1S/C16H23N3O4.ClH/c1-22-13-7-10(16(18)21)12(8-14(13)23-2)19-15(20)6-9-4-3-5-11(9)17;/h7-9,11H,3-6,17H2,1-2H3,(H2,18,21)(H,19,20);1H/t9-,11+;/m0./s1. The smallest absolute Gasteiger partial charge is 0.250 e. The zero-order valence-corrected chi connectivity index (χ0v) is 14.7. The van der Waals surface area contributed by atoms with E-state index in [9.17, 15) is 9.59 Å². The number of anilines is 1. The summed E-state index contributed by atoms with van der Waals surface area (Å²) in [7, 11) is 2.94. The summed E-state index contributed by atoms with van der Waals surface area (Å²) in [4.78, 5) is 23.9. The van der Waals surface area contributed by atoms with Crippen LogP contribution in [0, 0.1) is 5.92 Å². The van der Waals surface area contributed by atoms with Crippen molar-refractivity contribution in [2.75, 3.05) is 19.5 Å². The number of primary amides is 1. The lowest BCUT2D eigenvalue weighted by molar-refractivity contribution is -0.117. The van der Waals surface area contributed by atoms with Crippen LogP contribution in [0.15, 0.2) is 12.1 Å². The van der Waals surface area contributed by atoms with E-state index < -0.39 is 5.91 Å². The summed E-state index contributed by atoms with van der Waals surface area (Å²) in [6.45, 7) is 0. The minimum atomic E-state index is -0.654. The fraction of sp³-hybridized carbons (Fsp3) is 0.500. The van der Waals surface area contributed by atoms with Crippen LogP contribution in [0.5, 0.6) is 11.5 Å². The third kappa shape index (κ3) is 4.52. The number of rotatable bonds is 6. The van der Waals surface area contributed by atoms with Crippen molar-refractivity contribution in [3.05, 3.63) is 17.7 Å². The van der Waals surface area contributed by atoms with Gasteiger partial charge in [0.1, 0.15) is 0 Å². The van der Waals surface area contributed by atoms with Crippen LogP contribution in [0.2, 0.25) is 0 Å². The van der Waals surface area contributed by atoms with E-state index in [1.807, 2.05) is 0 Å². The summed E-state index contributed by atoms with van der Waals surface area (Å²) >= 11 is 0. The van der Waals surface area contributed by atoms with Gasteiger partial charge in [-0.2, -0.15) is 0 Å². The zero-order chi connectivity index (χ0) is 17.0. The van der Waals surface area contributed by atoms with Crippen LogP contribution < -0.4 is 26.3 Å². The van der Waals surface area contributed by atoms with Crippen LogP contribution in [-0.4, -0.2) is 32.1 Å². The number of carbonyl (C=O) groups excluding carboxylic acids is 2. The van der Waals surface area contributed by atoms with Crippen molar-refractivity contribution in [1.82, 2.24) is 0 Å². The van der Waals surface area contributed by atoms with E-state index in [1.54, 1.807) is 0 Å². The molecule has 0 radical (unpaired) electrons. The summed E-state index contributed by atoms with van der Waals surface area (Å²) in [5, 5.41) is 2.73. The highest BCUT2D eigenvalue weighted by Crippen LogP contribution is 2.34. The number of nitrogens with two attached hydrogens (primary N) is 2. The molecule has 2 atom stereocenters. The third-order valence-electron chi connectivity index (χ3n) is 4.23. The molecule has 0 bridgehead atoms. The minimum Gasteiger partial charge on any atom is -0.493 e. The molecule has 1 saturated carbocycles. The van der Waals surface area contributed by atoms with E-state index >= 15 is 0 Å². The van der Waals surface area contributed by atoms with Crippen molar-refractivity contribution >= 4 is 29.9 Å². The molecular weight excluding hydrogens is 334 g/mol.